The molecule has 0 atom stereocenters. The highest BCUT2D eigenvalue weighted by atomic mass is 16.5. The maximum absolute atomic E-state index is 13.0. The van der Waals surface area contributed by atoms with Gasteiger partial charge in [-0.05, 0) is 24.6 Å². The highest BCUT2D eigenvalue weighted by Crippen LogP contribution is 2.33. The average Bonchev–Trinajstić information content (AvgIpc) is 3.13. The molecule has 9 heteroatoms. The Kier molecular flexibility index (Phi) is 6.94. The fourth-order valence-electron chi connectivity index (χ4n) is 3.34. The van der Waals surface area contributed by atoms with Crippen molar-refractivity contribution in [2.75, 3.05) is 61.0 Å². The Hall–Kier alpha value is -3.07. The van der Waals surface area contributed by atoms with Gasteiger partial charge in [-0.1, -0.05) is 5.16 Å². The van der Waals surface area contributed by atoms with Crippen molar-refractivity contribution in [1.29, 1.82) is 0 Å². The number of hydrogen-bond donors (Lipinski definition) is 0. The smallest absolute Gasteiger partial charge is 0.276 e. The van der Waals surface area contributed by atoms with E-state index in [-0.39, 0.29) is 17.5 Å². The molecular weight excluding hydrogens is 388 g/mol. The first kappa shape index (κ1) is 21.6. The zero-order chi connectivity index (χ0) is 21.7. The lowest BCUT2D eigenvalue weighted by Crippen LogP contribution is -2.39. The van der Waals surface area contributed by atoms with E-state index in [0.29, 0.717) is 49.0 Å². The number of carbonyl (C=O) groups excluding carboxylic acids is 2. The summed E-state index contributed by atoms with van der Waals surface area (Å²) in [5.74, 6) is 1.55. The number of hydrogen-bond acceptors (Lipinski definition) is 7. The van der Waals surface area contributed by atoms with Crippen LogP contribution in [0.1, 0.15) is 16.9 Å². The van der Waals surface area contributed by atoms with Gasteiger partial charge in [0, 0.05) is 46.3 Å². The van der Waals surface area contributed by atoms with Crippen molar-refractivity contribution < 1.29 is 23.6 Å². The molecule has 0 bridgehead atoms. The third kappa shape index (κ3) is 4.91. The summed E-state index contributed by atoms with van der Waals surface area (Å²) in [5, 5.41) is 3.98. The molecule has 0 N–H and O–H groups in total. The maximum Gasteiger partial charge on any atom is 0.276 e. The van der Waals surface area contributed by atoms with E-state index in [1.165, 1.54) is 0 Å². The van der Waals surface area contributed by atoms with Crippen LogP contribution in [0, 0.1) is 0 Å². The van der Waals surface area contributed by atoms with Gasteiger partial charge in [-0.25, -0.2) is 0 Å². The van der Waals surface area contributed by atoms with Gasteiger partial charge in [0.25, 0.3) is 5.91 Å². The summed E-state index contributed by atoms with van der Waals surface area (Å²) in [7, 11) is 6.64. The molecule has 2 aromatic rings. The van der Waals surface area contributed by atoms with Gasteiger partial charge in [0.2, 0.25) is 5.91 Å². The predicted octanol–water partition coefficient (Wildman–Crippen LogP) is 1.59. The first-order chi connectivity index (χ1) is 14.4. The Labute approximate surface area is 176 Å². The van der Waals surface area contributed by atoms with Crippen molar-refractivity contribution in [3.63, 3.8) is 0 Å². The molecule has 2 heterocycles. The molecule has 30 heavy (non-hydrogen) atoms. The van der Waals surface area contributed by atoms with Crippen molar-refractivity contribution in [2.24, 2.45) is 0 Å². The van der Waals surface area contributed by atoms with Crippen LogP contribution in [0.25, 0.3) is 11.3 Å². The Morgan fingerprint density at radius 3 is 2.60 bits per heavy atom. The molecule has 1 aliphatic rings. The molecule has 0 aliphatic carbocycles. The van der Waals surface area contributed by atoms with Crippen LogP contribution in [0.15, 0.2) is 28.8 Å². The number of amides is 2. The van der Waals surface area contributed by atoms with E-state index in [4.69, 9.17) is 14.0 Å². The van der Waals surface area contributed by atoms with Gasteiger partial charge in [-0.2, -0.15) is 0 Å². The SMILES string of the molecule is COc1ccc(OC)c(-c2cc(C(=O)N3CCCN(CC(=O)N(C)C)CC3)no2)c1. The number of carbonyl (C=O) groups is 2. The molecule has 1 aliphatic heterocycles. The molecule has 0 saturated carbocycles. The lowest BCUT2D eigenvalue weighted by atomic mass is 10.1. The second kappa shape index (κ2) is 9.62. The van der Waals surface area contributed by atoms with Crippen LogP contribution in [0.2, 0.25) is 0 Å². The summed E-state index contributed by atoms with van der Waals surface area (Å²) in [6, 6.07) is 6.96. The molecule has 1 saturated heterocycles. The molecule has 1 fully saturated rings. The van der Waals surface area contributed by atoms with Crippen LogP contribution >= 0.6 is 0 Å². The Bertz CT molecular complexity index is 895. The second-order valence-corrected chi connectivity index (χ2v) is 7.35. The first-order valence-electron chi connectivity index (χ1n) is 9.84. The van der Waals surface area contributed by atoms with Crippen molar-refractivity contribution >= 4 is 11.8 Å². The van der Waals surface area contributed by atoms with E-state index < -0.39 is 0 Å². The molecule has 3 rings (SSSR count). The third-order valence-corrected chi connectivity index (χ3v) is 5.13. The van der Waals surface area contributed by atoms with Crippen LogP contribution in [0.3, 0.4) is 0 Å². The number of methoxy groups -OCH3 is 2. The van der Waals surface area contributed by atoms with Crippen LogP contribution in [0.4, 0.5) is 0 Å². The number of benzene rings is 1. The highest BCUT2D eigenvalue weighted by molar-refractivity contribution is 5.93. The van der Waals surface area contributed by atoms with Crippen LogP contribution in [0.5, 0.6) is 11.5 Å². The molecule has 162 valence electrons. The molecule has 1 aromatic heterocycles. The third-order valence-electron chi connectivity index (χ3n) is 5.13. The van der Waals surface area contributed by atoms with E-state index in [9.17, 15) is 9.59 Å². The normalized spacial score (nSPS) is 14.9. The number of ether oxygens (including phenoxy) is 2. The molecule has 9 nitrogen and oxygen atoms in total. The van der Waals surface area contributed by atoms with E-state index in [1.54, 1.807) is 62.4 Å². The Morgan fingerprint density at radius 2 is 1.90 bits per heavy atom. The largest absolute Gasteiger partial charge is 0.497 e. The van der Waals surface area contributed by atoms with E-state index in [0.717, 1.165) is 13.0 Å². The summed E-state index contributed by atoms with van der Waals surface area (Å²) < 4.78 is 16.1. The molecule has 0 radical (unpaired) electrons. The zero-order valence-corrected chi connectivity index (χ0v) is 17.9. The van der Waals surface area contributed by atoms with Gasteiger partial charge in [0.15, 0.2) is 11.5 Å². The van der Waals surface area contributed by atoms with Crippen molar-refractivity contribution in [1.82, 2.24) is 19.9 Å². The number of likely N-dealkylation sites (N-methyl/N-ethyl adjacent to an activating group) is 1. The minimum atomic E-state index is -0.187. The monoisotopic (exact) mass is 416 g/mol. The van der Waals surface area contributed by atoms with E-state index in [1.807, 2.05) is 0 Å². The predicted molar refractivity (Wildman–Crippen MR) is 111 cm³/mol. The molecule has 0 unspecified atom stereocenters. The molecular formula is C21H28N4O5. The van der Waals surface area contributed by atoms with Gasteiger partial charge in [-0.15, -0.1) is 0 Å². The summed E-state index contributed by atoms with van der Waals surface area (Å²) >= 11 is 0. The minimum absolute atomic E-state index is 0.0585. The van der Waals surface area contributed by atoms with Crippen molar-refractivity contribution in [2.45, 2.75) is 6.42 Å². The van der Waals surface area contributed by atoms with Gasteiger partial charge in [-0.3, -0.25) is 14.5 Å². The molecule has 2 amide bonds. The number of rotatable bonds is 6. The van der Waals surface area contributed by atoms with E-state index in [2.05, 4.69) is 10.1 Å². The summed E-state index contributed by atoms with van der Waals surface area (Å²) in [4.78, 5) is 30.3. The average molecular weight is 416 g/mol. The summed E-state index contributed by atoms with van der Waals surface area (Å²) in [5.41, 5.74) is 0.903. The quantitative estimate of drug-likeness (QED) is 0.707. The van der Waals surface area contributed by atoms with Crippen LogP contribution < -0.4 is 9.47 Å². The lowest BCUT2D eigenvalue weighted by molar-refractivity contribution is -0.129. The zero-order valence-electron chi connectivity index (χ0n) is 17.9. The van der Waals surface area contributed by atoms with Crippen LogP contribution in [-0.2, 0) is 4.79 Å². The number of nitrogens with zero attached hydrogens (tertiary/aromatic N) is 4. The van der Waals surface area contributed by atoms with Crippen molar-refractivity contribution in [3.05, 3.63) is 30.0 Å². The fourth-order valence-corrected chi connectivity index (χ4v) is 3.34. The molecule has 1 aromatic carbocycles. The Morgan fingerprint density at radius 1 is 1.10 bits per heavy atom. The van der Waals surface area contributed by atoms with Gasteiger partial charge >= 0.3 is 0 Å². The summed E-state index contributed by atoms with van der Waals surface area (Å²) in [6.45, 7) is 2.91. The van der Waals surface area contributed by atoms with Crippen LogP contribution in [-0.4, -0.2) is 92.7 Å². The lowest BCUT2D eigenvalue weighted by Gasteiger charge is -2.22. The standard InChI is InChI=1S/C21H28N4O5/c1-23(2)20(26)14-24-8-5-9-25(11-10-24)21(27)17-13-19(30-22-17)16-12-15(28-3)6-7-18(16)29-4/h6-7,12-13H,5,8-11,14H2,1-4H3. The first-order valence-corrected chi connectivity index (χ1v) is 9.84. The number of aromatic nitrogens is 1. The van der Waals surface area contributed by atoms with Crippen molar-refractivity contribution in [3.8, 4) is 22.8 Å². The Balaban J connectivity index is 1.70. The topological polar surface area (TPSA) is 88.4 Å². The fraction of sp³-hybridized carbons (Fsp3) is 0.476. The highest BCUT2D eigenvalue weighted by Gasteiger charge is 2.25. The summed E-state index contributed by atoms with van der Waals surface area (Å²) in [6.07, 6.45) is 0.793. The molecule has 0 spiro atoms. The van der Waals surface area contributed by atoms with Gasteiger partial charge < -0.3 is 23.8 Å². The second-order valence-electron chi connectivity index (χ2n) is 7.35. The maximum atomic E-state index is 13.0. The van der Waals surface area contributed by atoms with Gasteiger partial charge in [0.05, 0.1) is 26.3 Å². The van der Waals surface area contributed by atoms with Gasteiger partial charge in [0.1, 0.15) is 11.5 Å². The minimum Gasteiger partial charge on any atom is -0.497 e. The van der Waals surface area contributed by atoms with E-state index >= 15 is 0 Å².